The van der Waals surface area contributed by atoms with Crippen LogP contribution in [0.1, 0.15) is 42.0 Å². The topological polar surface area (TPSA) is 72.7 Å². The highest BCUT2D eigenvalue weighted by Crippen LogP contribution is 2.17. The molecule has 0 aliphatic carbocycles. The van der Waals surface area contributed by atoms with Gasteiger partial charge in [0.25, 0.3) is 0 Å². The molecule has 6 nitrogen and oxygen atoms in total. The maximum Gasteiger partial charge on any atom is 0.220 e. The third-order valence-corrected chi connectivity index (χ3v) is 5.56. The molecule has 4 rings (SSSR count). The fraction of sp³-hybridized carbons (Fsp3) is 0.391. The van der Waals surface area contributed by atoms with Crippen molar-refractivity contribution in [2.24, 2.45) is 0 Å². The SMILES string of the molecule is O=C(CCc1ccncc1)NC1CCc2nnc(CCc3ccccc3)n2CC1. The predicted molar refractivity (Wildman–Crippen MR) is 111 cm³/mol. The Labute approximate surface area is 171 Å². The van der Waals surface area contributed by atoms with Gasteiger partial charge >= 0.3 is 0 Å². The van der Waals surface area contributed by atoms with Crippen LogP contribution in [0.15, 0.2) is 54.9 Å². The number of hydrogen-bond acceptors (Lipinski definition) is 4. The number of fused-ring (bicyclic) bond motifs is 1. The summed E-state index contributed by atoms with van der Waals surface area (Å²) in [6.07, 6.45) is 9.34. The van der Waals surface area contributed by atoms with Gasteiger partial charge < -0.3 is 9.88 Å². The second kappa shape index (κ2) is 9.45. The number of pyridine rings is 1. The summed E-state index contributed by atoms with van der Waals surface area (Å²) in [6.45, 7) is 0.863. The highest BCUT2D eigenvalue weighted by atomic mass is 16.1. The number of aryl methyl sites for hydroxylation is 4. The molecule has 1 aliphatic heterocycles. The van der Waals surface area contributed by atoms with E-state index in [2.05, 4.69) is 49.3 Å². The van der Waals surface area contributed by atoms with Gasteiger partial charge in [-0.2, -0.15) is 0 Å². The number of nitrogens with one attached hydrogen (secondary N) is 1. The van der Waals surface area contributed by atoms with E-state index < -0.39 is 0 Å². The lowest BCUT2D eigenvalue weighted by atomic mass is 10.1. The van der Waals surface area contributed by atoms with Crippen molar-refractivity contribution >= 4 is 5.91 Å². The lowest BCUT2D eigenvalue weighted by Crippen LogP contribution is -2.35. The Kier molecular flexibility index (Phi) is 6.29. The van der Waals surface area contributed by atoms with Crippen LogP contribution < -0.4 is 5.32 Å². The first-order chi connectivity index (χ1) is 14.3. The lowest BCUT2D eigenvalue weighted by Gasteiger charge is -2.16. The van der Waals surface area contributed by atoms with Gasteiger partial charge in [-0.3, -0.25) is 9.78 Å². The zero-order valence-corrected chi connectivity index (χ0v) is 16.6. The zero-order chi connectivity index (χ0) is 19.9. The monoisotopic (exact) mass is 389 g/mol. The molecule has 2 aromatic heterocycles. The molecule has 3 heterocycles. The van der Waals surface area contributed by atoms with E-state index in [4.69, 9.17) is 0 Å². The zero-order valence-electron chi connectivity index (χ0n) is 16.6. The lowest BCUT2D eigenvalue weighted by molar-refractivity contribution is -0.121. The molecule has 0 saturated heterocycles. The second-order valence-electron chi connectivity index (χ2n) is 7.62. The van der Waals surface area contributed by atoms with Gasteiger partial charge in [0.1, 0.15) is 11.6 Å². The summed E-state index contributed by atoms with van der Waals surface area (Å²) in [4.78, 5) is 16.4. The standard InChI is InChI=1S/C23H27N5O/c29-23(11-7-19-12-15-24-16-13-19)25-20-8-10-22-27-26-21(28(22)17-14-20)9-6-18-4-2-1-3-5-18/h1-5,12-13,15-16,20H,6-11,14,17H2,(H,25,29). The van der Waals surface area contributed by atoms with Crippen LogP contribution >= 0.6 is 0 Å². The molecule has 1 unspecified atom stereocenters. The first-order valence-corrected chi connectivity index (χ1v) is 10.4. The molecule has 1 aromatic carbocycles. The van der Waals surface area contributed by atoms with E-state index >= 15 is 0 Å². The molecule has 0 fully saturated rings. The maximum absolute atomic E-state index is 12.4. The number of aromatic nitrogens is 4. The Hall–Kier alpha value is -3.02. The van der Waals surface area contributed by atoms with Crippen LogP contribution in [0.25, 0.3) is 0 Å². The van der Waals surface area contributed by atoms with Crippen molar-refractivity contribution in [3.8, 4) is 0 Å². The molecule has 0 saturated carbocycles. The van der Waals surface area contributed by atoms with Crippen molar-refractivity contribution in [1.29, 1.82) is 0 Å². The van der Waals surface area contributed by atoms with E-state index in [0.717, 1.165) is 62.3 Å². The molecular formula is C23H27N5O. The number of nitrogens with zero attached hydrogens (tertiary/aromatic N) is 4. The molecule has 0 spiro atoms. The number of hydrogen-bond donors (Lipinski definition) is 1. The first kappa shape index (κ1) is 19.3. The average Bonchev–Trinajstić information content (AvgIpc) is 3.05. The number of carbonyl (C=O) groups is 1. The Bertz CT molecular complexity index is 923. The fourth-order valence-corrected chi connectivity index (χ4v) is 3.89. The fourth-order valence-electron chi connectivity index (χ4n) is 3.89. The van der Waals surface area contributed by atoms with Crippen LogP contribution in [0.2, 0.25) is 0 Å². The predicted octanol–water partition coefficient (Wildman–Crippen LogP) is 2.91. The third-order valence-electron chi connectivity index (χ3n) is 5.56. The van der Waals surface area contributed by atoms with Crippen LogP contribution in [0.5, 0.6) is 0 Å². The summed E-state index contributed by atoms with van der Waals surface area (Å²) in [7, 11) is 0. The van der Waals surface area contributed by atoms with Crippen molar-refractivity contribution in [2.75, 3.05) is 0 Å². The summed E-state index contributed by atoms with van der Waals surface area (Å²) in [5, 5.41) is 12.1. The third kappa shape index (κ3) is 5.28. The van der Waals surface area contributed by atoms with Crippen LogP contribution in [0.3, 0.4) is 0 Å². The highest BCUT2D eigenvalue weighted by molar-refractivity contribution is 5.76. The normalized spacial score (nSPS) is 16.1. The summed E-state index contributed by atoms with van der Waals surface area (Å²) in [6, 6.07) is 14.6. The van der Waals surface area contributed by atoms with Gasteiger partial charge in [-0.1, -0.05) is 30.3 Å². The number of rotatable bonds is 7. The smallest absolute Gasteiger partial charge is 0.220 e. The Balaban J connectivity index is 1.28. The van der Waals surface area contributed by atoms with E-state index in [1.54, 1.807) is 12.4 Å². The van der Waals surface area contributed by atoms with Crippen molar-refractivity contribution in [3.05, 3.63) is 77.6 Å². The molecule has 1 aliphatic rings. The number of amides is 1. The second-order valence-corrected chi connectivity index (χ2v) is 7.62. The van der Waals surface area contributed by atoms with Gasteiger partial charge in [-0.05, 0) is 48.9 Å². The highest BCUT2D eigenvalue weighted by Gasteiger charge is 2.21. The number of benzene rings is 1. The Morgan fingerprint density at radius 2 is 1.76 bits per heavy atom. The molecule has 3 aromatic rings. The Morgan fingerprint density at radius 1 is 0.966 bits per heavy atom. The van der Waals surface area contributed by atoms with Crippen molar-refractivity contribution in [3.63, 3.8) is 0 Å². The summed E-state index contributed by atoms with van der Waals surface area (Å²) < 4.78 is 2.26. The quantitative estimate of drug-likeness (QED) is 0.674. The number of carbonyl (C=O) groups excluding carboxylic acids is 1. The molecule has 6 heteroatoms. The summed E-state index contributed by atoms with van der Waals surface area (Å²) >= 11 is 0. The first-order valence-electron chi connectivity index (χ1n) is 10.4. The van der Waals surface area contributed by atoms with Gasteiger partial charge in [-0.25, -0.2) is 0 Å². The molecule has 0 radical (unpaired) electrons. The molecule has 1 N–H and O–H groups in total. The molecular weight excluding hydrogens is 362 g/mol. The van der Waals surface area contributed by atoms with E-state index in [-0.39, 0.29) is 11.9 Å². The minimum Gasteiger partial charge on any atom is -0.353 e. The summed E-state index contributed by atoms with van der Waals surface area (Å²) in [5.41, 5.74) is 2.46. The maximum atomic E-state index is 12.4. The van der Waals surface area contributed by atoms with E-state index in [0.29, 0.717) is 6.42 Å². The van der Waals surface area contributed by atoms with Crippen LogP contribution in [0, 0.1) is 0 Å². The van der Waals surface area contributed by atoms with E-state index in [9.17, 15) is 4.79 Å². The minimum atomic E-state index is 0.119. The van der Waals surface area contributed by atoms with E-state index in [1.807, 2.05) is 18.2 Å². The Morgan fingerprint density at radius 3 is 2.59 bits per heavy atom. The van der Waals surface area contributed by atoms with Crippen molar-refractivity contribution < 1.29 is 4.79 Å². The van der Waals surface area contributed by atoms with Crippen molar-refractivity contribution in [2.45, 2.75) is 57.5 Å². The minimum absolute atomic E-state index is 0.119. The van der Waals surface area contributed by atoms with Crippen LogP contribution in [-0.2, 0) is 37.0 Å². The van der Waals surface area contributed by atoms with Gasteiger partial charge in [0.05, 0.1) is 0 Å². The average molecular weight is 390 g/mol. The van der Waals surface area contributed by atoms with Gasteiger partial charge in [0.15, 0.2) is 0 Å². The van der Waals surface area contributed by atoms with Crippen LogP contribution in [-0.4, -0.2) is 31.7 Å². The molecule has 0 bridgehead atoms. The van der Waals surface area contributed by atoms with Gasteiger partial charge in [0, 0.05) is 44.2 Å². The molecule has 1 amide bonds. The largest absolute Gasteiger partial charge is 0.353 e. The van der Waals surface area contributed by atoms with Crippen molar-refractivity contribution in [1.82, 2.24) is 25.1 Å². The molecule has 1 atom stereocenters. The van der Waals surface area contributed by atoms with Gasteiger partial charge in [-0.15, -0.1) is 10.2 Å². The van der Waals surface area contributed by atoms with Crippen LogP contribution in [0.4, 0.5) is 0 Å². The molecule has 29 heavy (non-hydrogen) atoms. The molecule has 150 valence electrons. The van der Waals surface area contributed by atoms with E-state index in [1.165, 1.54) is 5.56 Å². The summed E-state index contributed by atoms with van der Waals surface area (Å²) in [5.74, 6) is 2.21. The van der Waals surface area contributed by atoms with Gasteiger partial charge in [0.2, 0.25) is 5.91 Å².